The van der Waals surface area contributed by atoms with E-state index in [2.05, 4.69) is 29.1 Å². The van der Waals surface area contributed by atoms with Gasteiger partial charge in [0.1, 0.15) is 0 Å². The number of piperidine rings is 1. The van der Waals surface area contributed by atoms with E-state index in [1.807, 2.05) is 47.1 Å². The molecule has 166 valence electrons. The Bertz CT molecular complexity index is 682. The highest BCUT2D eigenvalue weighted by Gasteiger charge is 2.29. The molecule has 1 N–H and O–H groups in total. The molecule has 0 spiro atoms. The van der Waals surface area contributed by atoms with E-state index in [1.165, 1.54) is 0 Å². The number of carbonyl (C=O) groups is 2. The van der Waals surface area contributed by atoms with Crippen molar-refractivity contribution in [2.45, 2.75) is 32.7 Å². The van der Waals surface area contributed by atoms with E-state index >= 15 is 0 Å². The van der Waals surface area contributed by atoms with Gasteiger partial charge in [0.25, 0.3) is 0 Å². The largest absolute Gasteiger partial charge is 0.339 e. The molecular formula is C23H37N5O2. The fraction of sp³-hybridized carbons (Fsp3) is 0.652. The maximum atomic E-state index is 12.9. The Hall–Kier alpha value is -2.12. The molecule has 0 aromatic heterocycles. The zero-order chi connectivity index (χ0) is 21.5. The van der Waals surface area contributed by atoms with Crippen molar-refractivity contribution in [2.24, 2.45) is 5.92 Å². The topological polar surface area (TPSA) is 59.1 Å². The molecule has 3 rings (SSSR count). The van der Waals surface area contributed by atoms with Crippen molar-refractivity contribution in [1.29, 1.82) is 0 Å². The second-order valence-electron chi connectivity index (χ2n) is 8.60. The van der Waals surface area contributed by atoms with Gasteiger partial charge >= 0.3 is 6.03 Å². The molecule has 2 aliphatic rings. The highest BCUT2D eigenvalue weighted by molar-refractivity contribution is 5.89. The zero-order valence-corrected chi connectivity index (χ0v) is 18.7. The predicted molar refractivity (Wildman–Crippen MR) is 121 cm³/mol. The van der Waals surface area contributed by atoms with Gasteiger partial charge in [0.2, 0.25) is 5.91 Å². The first-order valence-electron chi connectivity index (χ1n) is 11.3. The fourth-order valence-electron chi connectivity index (χ4n) is 4.35. The van der Waals surface area contributed by atoms with Crippen molar-refractivity contribution in [3.8, 4) is 0 Å². The van der Waals surface area contributed by atoms with E-state index in [1.54, 1.807) is 0 Å². The van der Waals surface area contributed by atoms with E-state index < -0.39 is 0 Å². The van der Waals surface area contributed by atoms with Crippen molar-refractivity contribution in [2.75, 3.05) is 64.7 Å². The average molecular weight is 416 g/mol. The number of para-hydroxylation sites is 1. The van der Waals surface area contributed by atoms with E-state index in [0.717, 1.165) is 70.9 Å². The Kier molecular flexibility index (Phi) is 8.10. The van der Waals surface area contributed by atoms with Crippen LogP contribution in [0.3, 0.4) is 0 Å². The lowest BCUT2D eigenvalue weighted by Gasteiger charge is -2.38. The lowest BCUT2D eigenvalue weighted by molar-refractivity contribution is -0.138. The van der Waals surface area contributed by atoms with Crippen molar-refractivity contribution in [3.63, 3.8) is 0 Å². The minimum absolute atomic E-state index is 0.0252. The van der Waals surface area contributed by atoms with E-state index in [4.69, 9.17) is 0 Å². The van der Waals surface area contributed by atoms with Crippen molar-refractivity contribution in [3.05, 3.63) is 30.3 Å². The first-order valence-corrected chi connectivity index (χ1v) is 11.3. The van der Waals surface area contributed by atoms with Gasteiger partial charge in [-0.3, -0.25) is 9.69 Å². The summed E-state index contributed by atoms with van der Waals surface area (Å²) in [5, 5.41) is 2.97. The molecule has 1 unspecified atom stereocenters. The number of urea groups is 1. The molecule has 0 bridgehead atoms. The Morgan fingerprint density at radius 1 is 1.03 bits per heavy atom. The Morgan fingerprint density at radius 3 is 2.27 bits per heavy atom. The summed E-state index contributed by atoms with van der Waals surface area (Å²) >= 11 is 0. The molecule has 30 heavy (non-hydrogen) atoms. The molecule has 2 aliphatic heterocycles. The quantitative estimate of drug-likeness (QED) is 0.775. The van der Waals surface area contributed by atoms with Gasteiger partial charge in [0.05, 0.1) is 6.04 Å². The number of nitrogens with one attached hydrogen (secondary N) is 1. The van der Waals surface area contributed by atoms with E-state index in [9.17, 15) is 9.59 Å². The molecule has 3 amide bonds. The van der Waals surface area contributed by atoms with Gasteiger partial charge in [0.15, 0.2) is 0 Å². The Balaban J connectivity index is 1.40. The van der Waals surface area contributed by atoms with Crippen LogP contribution in [0.2, 0.25) is 0 Å². The Labute approximate surface area is 181 Å². The smallest absolute Gasteiger partial charge is 0.321 e. The molecule has 1 atom stereocenters. The number of hydrogen-bond acceptors (Lipinski definition) is 4. The number of likely N-dealkylation sites (N-methyl/N-ethyl adjacent to an activating group) is 2. The number of nitrogens with zero attached hydrogens (tertiary/aromatic N) is 4. The van der Waals surface area contributed by atoms with Crippen LogP contribution in [-0.2, 0) is 4.79 Å². The number of carbonyl (C=O) groups excluding carboxylic acids is 2. The standard InChI is InChI=1S/C23H37N5O2/c1-4-26-14-16-27(17-15-26)22(29)19(2)25(3)18-20-10-12-28(13-11-20)23(30)24-21-8-6-5-7-9-21/h5-9,19-20H,4,10-18H2,1-3H3,(H,24,30). The lowest BCUT2D eigenvalue weighted by Crippen LogP contribution is -2.54. The molecule has 2 heterocycles. The normalized spacial score (nSPS) is 19.7. The minimum atomic E-state index is -0.0995. The van der Waals surface area contributed by atoms with Crippen molar-refractivity contribution < 1.29 is 9.59 Å². The summed E-state index contributed by atoms with van der Waals surface area (Å²) in [7, 11) is 2.05. The average Bonchev–Trinajstić information content (AvgIpc) is 2.79. The summed E-state index contributed by atoms with van der Waals surface area (Å²) in [5.41, 5.74) is 0.830. The number of anilines is 1. The number of rotatable bonds is 6. The van der Waals surface area contributed by atoms with Crippen LogP contribution < -0.4 is 5.32 Å². The van der Waals surface area contributed by atoms with Crippen LogP contribution in [0.25, 0.3) is 0 Å². The Morgan fingerprint density at radius 2 is 1.67 bits per heavy atom. The molecule has 1 aromatic rings. The van der Waals surface area contributed by atoms with E-state index in [-0.39, 0.29) is 18.0 Å². The highest BCUT2D eigenvalue weighted by atomic mass is 16.2. The molecule has 2 saturated heterocycles. The van der Waals surface area contributed by atoms with Crippen LogP contribution in [0.5, 0.6) is 0 Å². The second-order valence-corrected chi connectivity index (χ2v) is 8.60. The molecule has 7 heteroatoms. The van der Waals surface area contributed by atoms with Gasteiger partial charge in [-0.15, -0.1) is 0 Å². The highest BCUT2D eigenvalue weighted by Crippen LogP contribution is 2.20. The summed E-state index contributed by atoms with van der Waals surface area (Å²) in [6.07, 6.45) is 1.95. The maximum Gasteiger partial charge on any atom is 0.321 e. The first-order chi connectivity index (χ1) is 14.5. The fourth-order valence-corrected chi connectivity index (χ4v) is 4.35. The predicted octanol–water partition coefficient (Wildman–Crippen LogP) is 2.41. The molecule has 1 aromatic carbocycles. The van der Waals surface area contributed by atoms with Crippen LogP contribution in [0, 0.1) is 5.92 Å². The van der Waals surface area contributed by atoms with Crippen LogP contribution in [0.15, 0.2) is 30.3 Å². The number of hydrogen-bond donors (Lipinski definition) is 1. The third-order valence-electron chi connectivity index (χ3n) is 6.62. The van der Waals surface area contributed by atoms with Gasteiger partial charge in [-0.2, -0.15) is 0 Å². The van der Waals surface area contributed by atoms with Crippen molar-refractivity contribution in [1.82, 2.24) is 19.6 Å². The lowest BCUT2D eigenvalue weighted by atomic mass is 9.96. The number of piperazine rings is 1. The molecule has 2 fully saturated rings. The van der Waals surface area contributed by atoms with Gasteiger partial charge in [-0.05, 0) is 51.4 Å². The SMILES string of the molecule is CCN1CCN(C(=O)C(C)N(C)CC2CCN(C(=O)Nc3ccccc3)CC2)CC1. The summed E-state index contributed by atoms with van der Waals surface area (Å²) in [6, 6.07) is 9.46. The molecule has 0 aliphatic carbocycles. The zero-order valence-electron chi connectivity index (χ0n) is 18.7. The molecular weight excluding hydrogens is 378 g/mol. The van der Waals surface area contributed by atoms with Crippen molar-refractivity contribution >= 4 is 17.6 Å². The molecule has 0 radical (unpaired) electrons. The monoisotopic (exact) mass is 415 g/mol. The van der Waals surface area contributed by atoms with Crippen LogP contribution >= 0.6 is 0 Å². The van der Waals surface area contributed by atoms with Crippen LogP contribution in [-0.4, -0.2) is 97.0 Å². The van der Waals surface area contributed by atoms with Gasteiger partial charge in [-0.1, -0.05) is 25.1 Å². The number of likely N-dealkylation sites (tertiary alicyclic amines) is 1. The van der Waals surface area contributed by atoms with Gasteiger partial charge < -0.3 is 20.0 Å². The van der Waals surface area contributed by atoms with Crippen LogP contribution in [0.4, 0.5) is 10.5 Å². The first kappa shape index (κ1) is 22.6. The molecule has 7 nitrogen and oxygen atoms in total. The summed E-state index contributed by atoms with van der Waals surface area (Å²) < 4.78 is 0. The van der Waals surface area contributed by atoms with Crippen LogP contribution in [0.1, 0.15) is 26.7 Å². The van der Waals surface area contributed by atoms with Gasteiger partial charge in [-0.25, -0.2) is 4.79 Å². The summed E-state index contributed by atoms with van der Waals surface area (Å²) in [4.78, 5) is 33.9. The van der Waals surface area contributed by atoms with Gasteiger partial charge in [0, 0.05) is 51.5 Å². The summed E-state index contributed by atoms with van der Waals surface area (Å²) in [6.45, 7) is 11.3. The maximum absolute atomic E-state index is 12.9. The molecule has 0 saturated carbocycles. The third-order valence-corrected chi connectivity index (χ3v) is 6.62. The van der Waals surface area contributed by atoms with E-state index in [0.29, 0.717) is 5.92 Å². The number of amides is 3. The minimum Gasteiger partial charge on any atom is -0.339 e. The third kappa shape index (κ3) is 5.95. The second kappa shape index (κ2) is 10.8. The summed E-state index contributed by atoms with van der Waals surface area (Å²) in [5.74, 6) is 0.760. The number of benzene rings is 1.